The molecule has 0 saturated heterocycles. The van der Waals surface area contributed by atoms with Crippen LogP contribution in [0.5, 0.6) is 0 Å². The number of ketones is 1. The fourth-order valence-corrected chi connectivity index (χ4v) is 2.27. The van der Waals surface area contributed by atoms with Crippen molar-refractivity contribution in [2.45, 2.75) is 13.3 Å². The van der Waals surface area contributed by atoms with E-state index in [1.807, 2.05) is 19.1 Å². The van der Waals surface area contributed by atoms with Gasteiger partial charge in [-0.15, -0.1) is 0 Å². The van der Waals surface area contributed by atoms with Gasteiger partial charge in [0.25, 0.3) is 0 Å². The Hall–Kier alpha value is -2.33. The molecule has 0 saturated carbocycles. The third-order valence-electron chi connectivity index (χ3n) is 3.12. The van der Waals surface area contributed by atoms with E-state index in [1.54, 1.807) is 12.1 Å². The summed E-state index contributed by atoms with van der Waals surface area (Å²) in [5.74, 6) is -1.58. The van der Waals surface area contributed by atoms with Crippen molar-refractivity contribution in [3.63, 3.8) is 0 Å². The molecule has 0 radical (unpaired) electrons. The largest absolute Gasteiger partial charge is 0.550 e. The minimum Gasteiger partial charge on any atom is -0.550 e. The van der Waals surface area contributed by atoms with Gasteiger partial charge in [-0.3, -0.25) is 4.79 Å². The van der Waals surface area contributed by atoms with Crippen molar-refractivity contribution in [2.75, 3.05) is 5.73 Å². The van der Waals surface area contributed by atoms with Gasteiger partial charge in [0.15, 0.2) is 5.78 Å². The molecular weight excluding hydrogens is 290 g/mol. The molecule has 2 rings (SSSR count). The number of aryl methyl sites for hydroxylation is 1. The average Bonchev–Trinajstić information content (AvgIpc) is 2.42. The third-order valence-corrected chi connectivity index (χ3v) is 3.34. The van der Waals surface area contributed by atoms with Gasteiger partial charge < -0.3 is 15.6 Å². The minimum atomic E-state index is -1.28. The summed E-state index contributed by atoms with van der Waals surface area (Å²) in [5, 5.41) is 11.0. The highest BCUT2D eigenvalue weighted by molar-refractivity contribution is 6.31. The second kappa shape index (κ2) is 5.97. The number of anilines is 1. The van der Waals surface area contributed by atoms with E-state index in [-0.39, 0.29) is 34.0 Å². The quantitative estimate of drug-likeness (QED) is 0.689. The number of nitrogens with two attached hydrogens (primary N) is 1. The molecule has 0 bridgehead atoms. The van der Waals surface area contributed by atoms with E-state index < -0.39 is 5.97 Å². The number of hydrogen-bond donors (Lipinski definition) is 1. The maximum atomic E-state index is 12.5. The molecule has 5 heteroatoms. The van der Waals surface area contributed by atoms with Crippen molar-refractivity contribution >= 4 is 29.0 Å². The molecule has 0 aliphatic heterocycles. The number of halogens is 1. The second-order valence-corrected chi connectivity index (χ2v) is 5.21. The number of carbonyl (C=O) groups excluding carboxylic acids is 2. The molecular formula is C16H13ClNO3-. The normalized spacial score (nSPS) is 10.4. The van der Waals surface area contributed by atoms with E-state index in [2.05, 4.69) is 0 Å². The topological polar surface area (TPSA) is 83.2 Å². The molecule has 0 amide bonds. The zero-order valence-corrected chi connectivity index (χ0v) is 12.1. The summed E-state index contributed by atoms with van der Waals surface area (Å²) in [4.78, 5) is 23.2. The molecule has 21 heavy (non-hydrogen) atoms. The summed E-state index contributed by atoms with van der Waals surface area (Å²) >= 11 is 5.94. The molecule has 0 heterocycles. The molecule has 0 fully saturated rings. The fraction of sp³-hybridized carbons (Fsp3) is 0.125. The van der Waals surface area contributed by atoms with Gasteiger partial charge in [-0.05, 0) is 24.6 Å². The lowest BCUT2D eigenvalue weighted by Gasteiger charge is -2.12. The first-order valence-corrected chi connectivity index (χ1v) is 6.65. The highest BCUT2D eigenvalue weighted by Crippen LogP contribution is 2.26. The standard InChI is InChI=1S/C16H14ClNO3/c1-9-2-4-10(5-3-9)16(21)13-8-12(17)6-11(15(13)18)7-14(19)20/h2-6,8H,7,18H2,1H3,(H,19,20)/p-1. The summed E-state index contributed by atoms with van der Waals surface area (Å²) < 4.78 is 0. The number of hydrogen-bond acceptors (Lipinski definition) is 4. The monoisotopic (exact) mass is 302 g/mol. The molecule has 0 aliphatic rings. The van der Waals surface area contributed by atoms with Crippen molar-refractivity contribution < 1.29 is 14.7 Å². The molecule has 0 aromatic heterocycles. The maximum Gasteiger partial charge on any atom is 0.195 e. The van der Waals surface area contributed by atoms with E-state index in [4.69, 9.17) is 17.3 Å². The van der Waals surface area contributed by atoms with E-state index in [0.717, 1.165) is 5.56 Å². The van der Waals surface area contributed by atoms with Gasteiger partial charge in [0.2, 0.25) is 0 Å². The molecule has 2 aromatic rings. The van der Waals surface area contributed by atoms with Crippen LogP contribution in [0, 0.1) is 6.92 Å². The lowest BCUT2D eigenvalue weighted by atomic mass is 9.97. The van der Waals surface area contributed by atoms with Crippen LogP contribution in [0.15, 0.2) is 36.4 Å². The molecule has 0 spiro atoms. The maximum absolute atomic E-state index is 12.5. The Kier molecular flexibility index (Phi) is 4.29. The van der Waals surface area contributed by atoms with Crippen LogP contribution in [-0.4, -0.2) is 11.8 Å². The van der Waals surface area contributed by atoms with E-state index in [0.29, 0.717) is 5.56 Å². The van der Waals surface area contributed by atoms with Crippen LogP contribution in [0.1, 0.15) is 27.0 Å². The number of carbonyl (C=O) groups is 2. The zero-order valence-electron chi connectivity index (χ0n) is 11.4. The summed E-state index contributed by atoms with van der Waals surface area (Å²) in [6, 6.07) is 9.88. The Labute approximate surface area is 127 Å². The van der Waals surface area contributed by atoms with Gasteiger partial charge in [-0.1, -0.05) is 41.4 Å². The van der Waals surface area contributed by atoms with Crippen LogP contribution >= 0.6 is 11.6 Å². The van der Waals surface area contributed by atoms with Crippen molar-refractivity contribution in [1.29, 1.82) is 0 Å². The minimum absolute atomic E-state index is 0.120. The lowest BCUT2D eigenvalue weighted by molar-refractivity contribution is -0.304. The van der Waals surface area contributed by atoms with Gasteiger partial charge in [0.1, 0.15) is 0 Å². The lowest BCUT2D eigenvalue weighted by Crippen LogP contribution is -2.25. The molecule has 0 aliphatic carbocycles. The Morgan fingerprint density at radius 3 is 2.38 bits per heavy atom. The number of carboxylic acids is 1. The number of carboxylic acid groups (broad SMARTS) is 1. The van der Waals surface area contributed by atoms with E-state index >= 15 is 0 Å². The first-order chi connectivity index (χ1) is 9.88. The van der Waals surface area contributed by atoms with Crippen LogP contribution in [0.3, 0.4) is 0 Å². The van der Waals surface area contributed by atoms with Crippen molar-refractivity contribution in [3.8, 4) is 0 Å². The van der Waals surface area contributed by atoms with Gasteiger partial charge in [0, 0.05) is 34.2 Å². The molecule has 4 nitrogen and oxygen atoms in total. The van der Waals surface area contributed by atoms with Gasteiger partial charge >= 0.3 is 0 Å². The van der Waals surface area contributed by atoms with Crippen LogP contribution in [0.4, 0.5) is 5.69 Å². The number of benzene rings is 2. The number of nitrogen functional groups attached to an aromatic ring is 1. The van der Waals surface area contributed by atoms with Crippen LogP contribution < -0.4 is 10.8 Å². The van der Waals surface area contributed by atoms with Gasteiger partial charge in [-0.25, -0.2) is 0 Å². The van der Waals surface area contributed by atoms with Crippen LogP contribution in [-0.2, 0) is 11.2 Å². The Morgan fingerprint density at radius 1 is 1.19 bits per heavy atom. The second-order valence-electron chi connectivity index (χ2n) is 4.77. The SMILES string of the molecule is Cc1ccc(C(=O)c2cc(Cl)cc(CC(=O)[O-])c2N)cc1. The summed E-state index contributed by atoms with van der Waals surface area (Å²) in [7, 11) is 0. The zero-order chi connectivity index (χ0) is 15.6. The van der Waals surface area contributed by atoms with E-state index in [9.17, 15) is 14.7 Å². The third kappa shape index (κ3) is 3.41. The van der Waals surface area contributed by atoms with Crippen LogP contribution in [0.25, 0.3) is 0 Å². The summed E-state index contributed by atoms with van der Waals surface area (Å²) in [6.07, 6.45) is -0.388. The molecule has 2 N–H and O–H groups in total. The molecule has 0 unspecified atom stereocenters. The Bertz CT molecular complexity index is 708. The summed E-state index contributed by atoms with van der Waals surface area (Å²) in [6.45, 7) is 1.92. The Morgan fingerprint density at radius 2 is 1.81 bits per heavy atom. The number of aliphatic carboxylic acids is 1. The number of rotatable bonds is 4. The van der Waals surface area contributed by atoms with Crippen molar-refractivity contribution in [1.82, 2.24) is 0 Å². The highest BCUT2D eigenvalue weighted by Gasteiger charge is 2.16. The van der Waals surface area contributed by atoms with E-state index in [1.165, 1.54) is 12.1 Å². The fourth-order valence-electron chi connectivity index (χ4n) is 2.02. The van der Waals surface area contributed by atoms with Gasteiger partial charge in [-0.2, -0.15) is 0 Å². The molecule has 108 valence electrons. The first kappa shape index (κ1) is 15.1. The first-order valence-electron chi connectivity index (χ1n) is 6.27. The van der Waals surface area contributed by atoms with Gasteiger partial charge in [0.05, 0.1) is 0 Å². The molecule has 0 atom stereocenters. The van der Waals surface area contributed by atoms with Crippen molar-refractivity contribution in [2.24, 2.45) is 0 Å². The average molecular weight is 303 g/mol. The smallest absolute Gasteiger partial charge is 0.195 e. The summed E-state index contributed by atoms with van der Waals surface area (Å²) in [5.41, 5.74) is 7.99. The van der Waals surface area contributed by atoms with Crippen molar-refractivity contribution in [3.05, 3.63) is 63.7 Å². The Balaban J connectivity index is 2.47. The predicted octanol–water partition coefficient (Wildman–Crippen LogP) is 1.75. The highest BCUT2D eigenvalue weighted by atomic mass is 35.5. The van der Waals surface area contributed by atoms with Crippen LogP contribution in [0.2, 0.25) is 5.02 Å². The predicted molar refractivity (Wildman–Crippen MR) is 79.2 cm³/mol. The molecule has 2 aromatic carbocycles.